The Morgan fingerprint density at radius 1 is 1.35 bits per heavy atom. The van der Waals surface area contributed by atoms with Gasteiger partial charge in [0, 0.05) is 13.1 Å². The van der Waals surface area contributed by atoms with Crippen molar-refractivity contribution < 1.29 is 8.42 Å². The van der Waals surface area contributed by atoms with Crippen molar-refractivity contribution in [3.8, 4) is 0 Å². The summed E-state index contributed by atoms with van der Waals surface area (Å²) in [6.07, 6.45) is 0.996. The van der Waals surface area contributed by atoms with E-state index >= 15 is 0 Å². The minimum absolute atomic E-state index is 0.293. The second kappa shape index (κ2) is 6.84. The van der Waals surface area contributed by atoms with E-state index in [1.807, 2.05) is 26.0 Å². The molecule has 1 atom stereocenters. The molecule has 0 unspecified atom stereocenters. The highest BCUT2D eigenvalue weighted by Gasteiger charge is 2.23. The molecule has 0 fully saturated rings. The minimum Gasteiger partial charge on any atom is -0.348 e. The van der Waals surface area contributed by atoms with Gasteiger partial charge >= 0.3 is 0 Å². The first-order valence-electron chi connectivity index (χ1n) is 6.47. The molecule has 1 aromatic rings. The van der Waals surface area contributed by atoms with Gasteiger partial charge in [-0.2, -0.15) is 0 Å². The van der Waals surface area contributed by atoms with Gasteiger partial charge in [-0.3, -0.25) is 0 Å². The first-order chi connectivity index (χ1) is 9.19. The van der Waals surface area contributed by atoms with E-state index in [0.717, 1.165) is 18.1 Å². The molecule has 0 saturated carbocycles. The molecule has 1 aromatic heterocycles. The van der Waals surface area contributed by atoms with E-state index in [1.165, 1.54) is 18.4 Å². The van der Waals surface area contributed by atoms with Crippen molar-refractivity contribution in [3.63, 3.8) is 0 Å². The topological polar surface area (TPSA) is 65.5 Å². The van der Waals surface area contributed by atoms with Gasteiger partial charge in [-0.15, -0.1) is 0 Å². The van der Waals surface area contributed by atoms with Crippen LogP contribution in [0.3, 0.4) is 0 Å². The second-order valence-corrected chi connectivity index (χ2v) is 8.19. The summed E-state index contributed by atoms with van der Waals surface area (Å²) in [6, 6.07) is 0.299. The second-order valence-electron chi connectivity index (χ2n) is 5.13. The highest BCUT2D eigenvalue weighted by Crippen LogP contribution is 2.30. The van der Waals surface area contributed by atoms with E-state index in [4.69, 9.17) is 0 Å². The van der Waals surface area contributed by atoms with Crippen molar-refractivity contribution in [1.82, 2.24) is 14.6 Å². The Morgan fingerprint density at radius 3 is 2.45 bits per heavy atom. The third kappa shape index (κ3) is 4.15. The Bertz CT molecular complexity index is 540. The van der Waals surface area contributed by atoms with Crippen LogP contribution < -0.4 is 9.62 Å². The summed E-state index contributed by atoms with van der Waals surface area (Å²) in [5.74, 6) is 0. The summed E-state index contributed by atoms with van der Waals surface area (Å²) < 4.78 is 26.4. The normalized spacial score (nSPS) is 13.8. The minimum atomic E-state index is -3.42. The molecule has 0 saturated heterocycles. The van der Waals surface area contributed by atoms with Crippen molar-refractivity contribution in [2.24, 2.45) is 0 Å². The monoisotopic (exact) mass is 320 g/mol. The van der Waals surface area contributed by atoms with Crippen LogP contribution in [-0.2, 0) is 10.0 Å². The standard InChI is InChI=1S/C12H24N4O2S2/c1-9(7-8-15(4)5)16(6)12-14-10(2)11(19-12)20(17,18)13-3/h9,13H,7-8H2,1-6H3/t9-/m0/s1. The molecule has 0 radical (unpaired) electrons. The predicted molar refractivity (Wildman–Crippen MR) is 84.1 cm³/mol. The maximum atomic E-state index is 11.9. The lowest BCUT2D eigenvalue weighted by molar-refractivity contribution is 0.382. The summed E-state index contributed by atoms with van der Waals surface area (Å²) in [5.41, 5.74) is 0.547. The van der Waals surface area contributed by atoms with Crippen LogP contribution in [0.5, 0.6) is 0 Å². The maximum absolute atomic E-state index is 11.9. The first-order valence-corrected chi connectivity index (χ1v) is 8.77. The molecular weight excluding hydrogens is 296 g/mol. The average molecular weight is 320 g/mol. The van der Waals surface area contributed by atoms with E-state index < -0.39 is 10.0 Å². The van der Waals surface area contributed by atoms with Crippen molar-refractivity contribution >= 4 is 26.5 Å². The Kier molecular flexibility index (Phi) is 5.93. The molecule has 6 nitrogen and oxygen atoms in total. The third-order valence-electron chi connectivity index (χ3n) is 3.21. The number of hydrogen-bond donors (Lipinski definition) is 1. The van der Waals surface area contributed by atoms with Gasteiger partial charge in [0.2, 0.25) is 0 Å². The Balaban J connectivity index is 2.90. The van der Waals surface area contributed by atoms with E-state index in [-0.39, 0.29) is 0 Å². The molecule has 0 bridgehead atoms. The number of nitrogens with zero attached hydrogens (tertiary/aromatic N) is 3. The number of sulfonamides is 1. The molecule has 8 heteroatoms. The number of rotatable bonds is 7. The highest BCUT2D eigenvalue weighted by atomic mass is 32.2. The van der Waals surface area contributed by atoms with Gasteiger partial charge in [-0.25, -0.2) is 18.1 Å². The number of anilines is 1. The van der Waals surface area contributed by atoms with Gasteiger partial charge in [-0.1, -0.05) is 11.3 Å². The first kappa shape index (κ1) is 17.4. The van der Waals surface area contributed by atoms with Crippen LogP contribution in [-0.4, -0.2) is 59.1 Å². The zero-order valence-corrected chi connectivity index (χ0v) is 14.6. The summed E-state index contributed by atoms with van der Waals surface area (Å²) in [6.45, 7) is 4.83. The van der Waals surface area contributed by atoms with E-state index in [1.54, 1.807) is 6.92 Å². The molecule has 0 aliphatic heterocycles. The molecule has 0 amide bonds. The van der Waals surface area contributed by atoms with Crippen molar-refractivity contribution in [3.05, 3.63) is 5.69 Å². The van der Waals surface area contributed by atoms with E-state index in [9.17, 15) is 8.42 Å². The molecule has 0 aliphatic rings. The summed E-state index contributed by atoms with van der Waals surface area (Å²) in [7, 11) is 4.02. The number of aryl methyl sites for hydroxylation is 1. The van der Waals surface area contributed by atoms with Gasteiger partial charge < -0.3 is 9.80 Å². The lowest BCUT2D eigenvalue weighted by atomic mass is 10.2. The van der Waals surface area contributed by atoms with E-state index in [2.05, 4.69) is 21.5 Å². The van der Waals surface area contributed by atoms with Crippen LogP contribution in [0.1, 0.15) is 19.0 Å². The molecule has 1 rings (SSSR count). The molecule has 0 aromatic carbocycles. The summed E-state index contributed by atoms with van der Waals surface area (Å²) in [5, 5.41) is 0.739. The number of nitrogens with one attached hydrogen (secondary N) is 1. The molecule has 20 heavy (non-hydrogen) atoms. The fourth-order valence-electron chi connectivity index (χ4n) is 1.69. The smallest absolute Gasteiger partial charge is 0.251 e. The number of thiazole rings is 1. The molecule has 0 spiro atoms. The Hall–Kier alpha value is -0.700. The zero-order chi connectivity index (χ0) is 15.5. The number of aromatic nitrogens is 1. The SMILES string of the molecule is CNS(=O)(=O)c1sc(N(C)[C@@H](C)CCN(C)C)nc1C. The predicted octanol–water partition coefficient (Wildman–Crippen LogP) is 1.14. The lowest BCUT2D eigenvalue weighted by Gasteiger charge is -2.25. The maximum Gasteiger partial charge on any atom is 0.251 e. The summed E-state index contributed by atoms with van der Waals surface area (Å²) >= 11 is 1.21. The van der Waals surface area contributed by atoms with Crippen LogP contribution in [0.4, 0.5) is 5.13 Å². The van der Waals surface area contributed by atoms with Crippen LogP contribution in [0.2, 0.25) is 0 Å². The van der Waals surface area contributed by atoms with Crippen LogP contribution in [0.15, 0.2) is 4.21 Å². The van der Waals surface area contributed by atoms with Gasteiger partial charge in [0.15, 0.2) is 9.34 Å². The van der Waals surface area contributed by atoms with Crippen molar-refractivity contribution in [1.29, 1.82) is 0 Å². The van der Waals surface area contributed by atoms with E-state index in [0.29, 0.717) is 15.9 Å². The Labute approximate surface area is 125 Å². The molecule has 116 valence electrons. The summed E-state index contributed by atoms with van der Waals surface area (Å²) in [4.78, 5) is 8.56. The van der Waals surface area contributed by atoms with Gasteiger partial charge in [0.05, 0.1) is 5.69 Å². The van der Waals surface area contributed by atoms with Gasteiger partial charge in [0.1, 0.15) is 0 Å². The molecule has 1 N–H and O–H groups in total. The Morgan fingerprint density at radius 2 is 1.95 bits per heavy atom. The molecule has 0 aliphatic carbocycles. The van der Waals surface area contributed by atoms with Crippen LogP contribution in [0.25, 0.3) is 0 Å². The van der Waals surface area contributed by atoms with Gasteiger partial charge in [-0.05, 0) is 48.0 Å². The van der Waals surface area contributed by atoms with Crippen molar-refractivity contribution in [2.75, 3.05) is 39.6 Å². The molecule has 1 heterocycles. The van der Waals surface area contributed by atoms with Gasteiger partial charge in [0.25, 0.3) is 10.0 Å². The lowest BCUT2D eigenvalue weighted by Crippen LogP contribution is -2.31. The van der Waals surface area contributed by atoms with Crippen LogP contribution in [0, 0.1) is 6.92 Å². The van der Waals surface area contributed by atoms with Crippen molar-refractivity contribution in [2.45, 2.75) is 30.5 Å². The molecular formula is C12H24N4O2S2. The fraction of sp³-hybridized carbons (Fsp3) is 0.750. The number of hydrogen-bond acceptors (Lipinski definition) is 6. The average Bonchev–Trinajstić information content (AvgIpc) is 2.77. The highest BCUT2D eigenvalue weighted by molar-refractivity contribution is 7.91. The largest absolute Gasteiger partial charge is 0.348 e. The third-order valence-corrected chi connectivity index (χ3v) is 6.48. The fourth-order valence-corrected chi connectivity index (χ4v) is 4.09. The van der Waals surface area contributed by atoms with Crippen LogP contribution >= 0.6 is 11.3 Å². The quantitative estimate of drug-likeness (QED) is 0.816. The zero-order valence-electron chi connectivity index (χ0n) is 13.0.